The van der Waals surface area contributed by atoms with Gasteiger partial charge in [0.05, 0.1) is 32.2 Å². The summed E-state index contributed by atoms with van der Waals surface area (Å²) in [6, 6.07) is 6.57. The first-order chi connectivity index (χ1) is 17.2. The Morgan fingerprint density at radius 2 is 1.17 bits per heavy atom. The van der Waals surface area contributed by atoms with Gasteiger partial charge in [-0.2, -0.15) is 10.2 Å². The highest BCUT2D eigenvalue weighted by molar-refractivity contribution is 5.48. The molecule has 2 aromatic heterocycles. The zero-order chi connectivity index (χ0) is 26.6. The molecule has 0 fully saturated rings. The maximum absolute atomic E-state index is 14.2. The molecule has 0 saturated carbocycles. The monoisotopic (exact) mass is 500 g/mol. The lowest BCUT2D eigenvalue weighted by molar-refractivity contribution is 0.272. The Hall–Kier alpha value is -3.86. The Morgan fingerprint density at radius 1 is 0.750 bits per heavy atom. The number of methoxy groups -OCH3 is 2. The van der Waals surface area contributed by atoms with Crippen molar-refractivity contribution >= 4 is 0 Å². The molecule has 1 N–H and O–H groups in total. The predicted octanol–water partition coefficient (Wildman–Crippen LogP) is 4.12. The number of hydrogen-bond donors (Lipinski definition) is 1. The smallest absolute Gasteiger partial charge is 0.172 e. The van der Waals surface area contributed by atoms with Crippen LogP contribution in [0.25, 0.3) is 11.4 Å². The quantitative estimate of drug-likeness (QED) is 0.425. The second-order valence-electron chi connectivity index (χ2n) is 7.91. The fourth-order valence-electron chi connectivity index (χ4n) is 3.88. The summed E-state index contributed by atoms with van der Waals surface area (Å²) < 4.78 is 41.2. The maximum Gasteiger partial charge on any atom is 0.172 e. The van der Waals surface area contributed by atoms with E-state index >= 15 is 0 Å². The summed E-state index contributed by atoms with van der Waals surface area (Å²) in [6.45, 7) is 8.65. The minimum atomic E-state index is -0.579. The first kappa shape index (κ1) is 26.7. The molecule has 0 unspecified atom stereocenters. The normalized spacial score (nSPS) is 10.7. The molecule has 0 aliphatic carbocycles. The molecule has 0 radical (unpaired) electrons. The molecule has 0 atom stereocenters. The van der Waals surface area contributed by atoms with E-state index in [4.69, 9.17) is 9.47 Å². The molecule has 4 aromatic rings. The van der Waals surface area contributed by atoms with Gasteiger partial charge in [0, 0.05) is 11.1 Å². The summed E-state index contributed by atoms with van der Waals surface area (Å²) in [5.74, 6) is 2.08. The van der Waals surface area contributed by atoms with Crippen LogP contribution >= 0.6 is 0 Å². The van der Waals surface area contributed by atoms with Crippen LogP contribution in [0.15, 0.2) is 24.3 Å². The number of aryl methyl sites for hydroxylation is 4. The van der Waals surface area contributed by atoms with E-state index in [-0.39, 0.29) is 22.9 Å². The third-order valence-corrected chi connectivity index (χ3v) is 5.52. The molecule has 192 valence electrons. The van der Waals surface area contributed by atoms with Crippen LogP contribution in [0.2, 0.25) is 0 Å². The molecule has 4 rings (SSSR count). The van der Waals surface area contributed by atoms with Crippen LogP contribution in [0.3, 0.4) is 0 Å². The molecule has 0 saturated heterocycles. The number of nitrogens with zero attached hydrogens (tertiary/aromatic N) is 6. The van der Waals surface area contributed by atoms with E-state index in [2.05, 4.69) is 20.2 Å². The Morgan fingerprint density at radius 3 is 1.50 bits per heavy atom. The molecule has 2 heterocycles. The Bertz CT molecular complexity index is 1260. The van der Waals surface area contributed by atoms with Crippen molar-refractivity contribution in [2.24, 2.45) is 0 Å². The average Bonchev–Trinajstić information content (AvgIpc) is 3.37. The molecule has 0 aliphatic heterocycles. The number of aliphatic hydroxyl groups excluding tert-OH is 1. The minimum absolute atomic E-state index is 0.0947. The van der Waals surface area contributed by atoms with E-state index in [1.807, 2.05) is 26.8 Å². The lowest BCUT2D eigenvalue weighted by atomic mass is 10.1. The van der Waals surface area contributed by atoms with Gasteiger partial charge in [-0.3, -0.25) is 0 Å². The van der Waals surface area contributed by atoms with Gasteiger partial charge in [0.25, 0.3) is 0 Å². The fourth-order valence-corrected chi connectivity index (χ4v) is 3.88. The second kappa shape index (κ2) is 11.3. The van der Waals surface area contributed by atoms with Crippen molar-refractivity contribution in [2.45, 2.75) is 47.6 Å². The first-order valence-electron chi connectivity index (χ1n) is 11.3. The maximum atomic E-state index is 14.2. The zero-order valence-electron chi connectivity index (χ0n) is 21.4. The highest BCUT2D eigenvalue weighted by atomic mass is 19.1. The molecular weight excluding hydrogens is 470 g/mol. The van der Waals surface area contributed by atoms with Crippen LogP contribution in [-0.2, 0) is 13.0 Å². The fraction of sp³-hybridized carbons (Fsp3) is 0.360. The molecule has 0 bridgehead atoms. The van der Waals surface area contributed by atoms with Crippen LogP contribution in [0.1, 0.15) is 41.3 Å². The van der Waals surface area contributed by atoms with Gasteiger partial charge in [-0.25, -0.2) is 28.1 Å². The van der Waals surface area contributed by atoms with Gasteiger partial charge in [0.15, 0.2) is 23.1 Å². The lowest BCUT2D eigenvalue weighted by Crippen LogP contribution is -2.07. The van der Waals surface area contributed by atoms with Crippen molar-refractivity contribution in [3.63, 3.8) is 0 Å². The molecular formula is C25H30F2N6O3. The highest BCUT2D eigenvalue weighted by Crippen LogP contribution is 2.28. The van der Waals surface area contributed by atoms with E-state index < -0.39 is 12.4 Å². The predicted molar refractivity (Wildman–Crippen MR) is 130 cm³/mol. The van der Waals surface area contributed by atoms with Crippen LogP contribution < -0.4 is 9.47 Å². The molecule has 0 amide bonds. The van der Waals surface area contributed by atoms with Gasteiger partial charge in [0.2, 0.25) is 0 Å². The van der Waals surface area contributed by atoms with Crippen LogP contribution in [0, 0.1) is 39.3 Å². The van der Waals surface area contributed by atoms with Crippen molar-refractivity contribution in [3.05, 3.63) is 70.3 Å². The molecule has 11 heteroatoms. The molecule has 0 spiro atoms. The van der Waals surface area contributed by atoms with Gasteiger partial charge >= 0.3 is 0 Å². The molecule has 36 heavy (non-hydrogen) atoms. The number of aliphatic hydroxyl groups is 1. The zero-order valence-corrected chi connectivity index (χ0v) is 21.4. The number of rotatable bonds is 6. The van der Waals surface area contributed by atoms with Crippen molar-refractivity contribution in [1.82, 2.24) is 29.5 Å². The summed E-state index contributed by atoms with van der Waals surface area (Å²) in [5, 5.41) is 17.8. The largest absolute Gasteiger partial charge is 0.494 e. The number of aromatic nitrogens is 6. The van der Waals surface area contributed by atoms with E-state index in [9.17, 15) is 13.9 Å². The summed E-state index contributed by atoms with van der Waals surface area (Å²) >= 11 is 0. The van der Waals surface area contributed by atoms with Crippen molar-refractivity contribution in [2.75, 3.05) is 14.2 Å². The molecule has 9 nitrogen and oxygen atoms in total. The number of halogens is 2. The number of hydrogen-bond acceptors (Lipinski definition) is 7. The highest BCUT2D eigenvalue weighted by Gasteiger charge is 2.18. The third kappa shape index (κ3) is 5.20. The van der Waals surface area contributed by atoms with Crippen LogP contribution in [0.4, 0.5) is 8.78 Å². The summed E-state index contributed by atoms with van der Waals surface area (Å²) in [6.07, 6.45) is 0.566. The van der Waals surface area contributed by atoms with E-state index in [1.54, 1.807) is 30.7 Å². The lowest BCUT2D eigenvalue weighted by Gasteiger charge is -2.12. The van der Waals surface area contributed by atoms with Crippen molar-refractivity contribution in [1.29, 1.82) is 0 Å². The number of ether oxygens (including phenoxy) is 2. The SMILES string of the molecule is CCc1c(-n2nc(C)nc2C)ccc(OC)c1F.COc1ccc(-n2nc(C)nc2C)c(CO)c1F. The van der Waals surface area contributed by atoms with E-state index in [0.717, 1.165) is 5.82 Å². The summed E-state index contributed by atoms with van der Waals surface area (Å²) in [4.78, 5) is 8.38. The summed E-state index contributed by atoms with van der Waals surface area (Å²) in [7, 11) is 2.84. The van der Waals surface area contributed by atoms with Gasteiger partial charge in [-0.15, -0.1) is 0 Å². The Labute approximate surface area is 208 Å². The Kier molecular flexibility index (Phi) is 8.36. The minimum Gasteiger partial charge on any atom is -0.494 e. The van der Waals surface area contributed by atoms with Gasteiger partial charge in [-0.1, -0.05) is 6.92 Å². The van der Waals surface area contributed by atoms with Gasteiger partial charge < -0.3 is 14.6 Å². The van der Waals surface area contributed by atoms with Gasteiger partial charge in [-0.05, 0) is 58.4 Å². The van der Waals surface area contributed by atoms with Crippen molar-refractivity contribution < 1.29 is 23.4 Å². The molecule has 0 aliphatic rings. The first-order valence-corrected chi connectivity index (χ1v) is 11.3. The van der Waals surface area contributed by atoms with Gasteiger partial charge in [0.1, 0.15) is 23.3 Å². The standard InChI is InChI=1S/C13H16FN3O.C12H14FN3O2/c1-5-10-11(6-7-12(18-4)13(10)14)17-9(3)15-8(2)16-17;1-7-14-8(2)16(15-7)10-4-5-11(18-3)12(13)9(10)6-17/h6-7H,5H2,1-4H3;4-5,17H,6H2,1-3H3. The van der Waals surface area contributed by atoms with Crippen molar-refractivity contribution in [3.8, 4) is 22.9 Å². The van der Waals surface area contributed by atoms with Crippen LogP contribution in [0.5, 0.6) is 11.5 Å². The summed E-state index contributed by atoms with van der Waals surface area (Å²) in [5.41, 5.74) is 1.91. The van der Waals surface area contributed by atoms with E-state index in [1.165, 1.54) is 25.0 Å². The molecule has 2 aromatic carbocycles. The number of benzene rings is 2. The van der Waals surface area contributed by atoms with Crippen LogP contribution in [-0.4, -0.2) is 48.9 Å². The second-order valence-corrected chi connectivity index (χ2v) is 7.91. The van der Waals surface area contributed by atoms with E-state index in [0.29, 0.717) is 40.8 Å². The average molecular weight is 501 g/mol. The topological polar surface area (TPSA) is 100 Å². The third-order valence-electron chi connectivity index (χ3n) is 5.52. The Balaban J connectivity index is 0.000000201.